The maximum atomic E-state index is 12.6. The lowest BCUT2D eigenvalue weighted by atomic mass is 10.0. The molecule has 30 heavy (non-hydrogen) atoms. The maximum absolute atomic E-state index is 12.6. The van der Waals surface area contributed by atoms with Crippen molar-refractivity contribution < 1.29 is 34.2 Å². The van der Waals surface area contributed by atoms with Crippen molar-refractivity contribution in [2.75, 3.05) is 11.5 Å². The molecule has 0 aromatic rings. The van der Waals surface area contributed by atoms with Gasteiger partial charge in [0.25, 0.3) is 0 Å². The van der Waals surface area contributed by atoms with E-state index in [9.17, 15) is 29.1 Å². The molecule has 0 aliphatic carbocycles. The van der Waals surface area contributed by atoms with Crippen LogP contribution in [0.4, 0.5) is 0 Å². The predicted octanol–water partition coefficient (Wildman–Crippen LogP) is -1.38. The average Bonchev–Trinajstić information content (AvgIpc) is 2.66. The van der Waals surface area contributed by atoms with Crippen LogP contribution < -0.4 is 21.7 Å². The van der Waals surface area contributed by atoms with Crippen LogP contribution in [0.5, 0.6) is 0 Å². The van der Waals surface area contributed by atoms with E-state index in [2.05, 4.69) is 41.2 Å². The molecule has 0 rings (SSSR count). The van der Waals surface area contributed by atoms with Crippen molar-refractivity contribution in [2.45, 2.75) is 57.3 Å². The smallest absolute Gasteiger partial charge is 0.326 e. The van der Waals surface area contributed by atoms with Crippen molar-refractivity contribution in [3.63, 3.8) is 0 Å². The highest BCUT2D eigenvalue weighted by Gasteiger charge is 2.30. The van der Waals surface area contributed by atoms with E-state index in [1.165, 1.54) is 0 Å². The first-order valence-corrected chi connectivity index (χ1v) is 10.5. The van der Waals surface area contributed by atoms with Crippen LogP contribution in [-0.2, 0) is 24.0 Å². The van der Waals surface area contributed by atoms with Crippen LogP contribution >= 0.6 is 25.3 Å². The number of nitrogens with two attached hydrogens (primary N) is 1. The van der Waals surface area contributed by atoms with Crippen molar-refractivity contribution in [2.24, 2.45) is 11.7 Å². The molecule has 0 aromatic carbocycles. The minimum absolute atomic E-state index is 0.00194. The second kappa shape index (κ2) is 14.1. The van der Waals surface area contributed by atoms with Crippen molar-refractivity contribution in [1.82, 2.24) is 16.0 Å². The Morgan fingerprint density at radius 2 is 1.33 bits per heavy atom. The average molecular weight is 467 g/mol. The molecule has 0 bridgehead atoms. The zero-order valence-corrected chi connectivity index (χ0v) is 18.6. The van der Waals surface area contributed by atoms with E-state index in [1.807, 2.05) is 0 Å². The van der Waals surface area contributed by atoms with Gasteiger partial charge in [0.05, 0.1) is 6.04 Å². The first-order valence-electron chi connectivity index (χ1n) is 9.25. The van der Waals surface area contributed by atoms with Gasteiger partial charge in [0.2, 0.25) is 17.7 Å². The van der Waals surface area contributed by atoms with E-state index >= 15 is 0 Å². The predicted molar refractivity (Wildman–Crippen MR) is 115 cm³/mol. The minimum atomic E-state index is -1.26. The lowest BCUT2D eigenvalue weighted by Gasteiger charge is -2.24. The second-order valence-electron chi connectivity index (χ2n) is 7.06. The fraction of sp³-hybridized carbons (Fsp3) is 0.706. The number of carboxylic acids is 2. The van der Waals surface area contributed by atoms with Gasteiger partial charge in [-0.1, -0.05) is 13.8 Å². The number of hydrogen-bond donors (Lipinski definition) is 8. The van der Waals surface area contributed by atoms with E-state index in [0.29, 0.717) is 0 Å². The number of carbonyl (C=O) groups is 5. The number of thiol groups is 2. The molecule has 13 heteroatoms. The highest BCUT2D eigenvalue weighted by molar-refractivity contribution is 7.80. The Bertz CT molecular complexity index is 633. The summed E-state index contributed by atoms with van der Waals surface area (Å²) in [6.07, 6.45) is -0.465. The third-order valence-electron chi connectivity index (χ3n) is 3.95. The largest absolute Gasteiger partial charge is 0.481 e. The van der Waals surface area contributed by atoms with Gasteiger partial charge in [0.15, 0.2) is 0 Å². The second-order valence-corrected chi connectivity index (χ2v) is 7.79. The van der Waals surface area contributed by atoms with E-state index in [0.717, 1.165) is 0 Å². The van der Waals surface area contributed by atoms with Gasteiger partial charge in [-0.25, -0.2) is 4.79 Å². The monoisotopic (exact) mass is 466 g/mol. The Morgan fingerprint density at radius 3 is 1.77 bits per heavy atom. The topological polar surface area (TPSA) is 188 Å². The molecule has 4 unspecified atom stereocenters. The lowest BCUT2D eigenvalue weighted by Crippen LogP contribution is -2.58. The van der Waals surface area contributed by atoms with E-state index < -0.39 is 60.2 Å². The molecule has 0 aliphatic rings. The van der Waals surface area contributed by atoms with Crippen LogP contribution in [-0.4, -0.2) is 75.5 Å². The fourth-order valence-corrected chi connectivity index (χ4v) is 2.75. The molecule has 4 atom stereocenters. The van der Waals surface area contributed by atoms with Crippen LogP contribution in [0.1, 0.15) is 33.1 Å². The lowest BCUT2D eigenvalue weighted by molar-refractivity contribution is -0.142. The van der Waals surface area contributed by atoms with Crippen LogP contribution in [0, 0.1) is 5.92 Å². The highest BCUT2D eigenvalue weighted by Crippen LogP contribution is 2.06. The first kappa shape index (κ1) is 28.0. The zero-order chi connectivity index (χ0) is 23.4. The van der Waals surface area contributed by atoms with Crippen molar-refractivity contribution in [1.29, 1.82) is 0 Å². The molecule has 0 heterocycles. The first-order chi connectivity index (χ1) is 13.9. The third kappa shape index (κ3) is 10.7. The zero-order valence-electron chi connectivity index (χ0n) is 16.8. The molecule has 0 aromatic heterocycles. The SMILES string of the molecule is CC(C)CC(NC(=O)C(CS)NC(=O)C(CCC(=O)O)NC(=O)C(N)CS)C(=O)O. The molecule has 0 saturated carbocycles. The minimum Gasteiger partial charge on any atom is -0.481 e. The molecule has 172 valence electrons. The summed E-state index contributed by atoms with van der Waals surface area (Å²) in [4.78, 5) is 59.1. The number of nitrogens with one attached hydrogen (secondary N) is 3. The Balaban J connectivity index is 5.24. The maximum Gasteiger partial charge on any atom is 0.326 e. The highest BCUT2D eigenvalue weighted by atomic mass is 32.1. The van der Waals surface area contributed by atoms with E-state index in [1.54, 1.807) is 13.8 Å². The van der Waals surface area contributed by atoms with Gasteiger partial charge in [-0.05, 0) is 18.8 Å². The summed E-state index contributed by atoms with van der Waals surface area (Å²) in [6, 6.07) is -4.62. The van der Waals surface area contributed by atoms with Gasteiger partial charge in [-0.2, -0.15) is 25.3 Å². The molecule has 0 radical (unpaired) electrons. The summed E-state index contributed by atoms with van der Waals surface area (Å²) < 4.78 is 0. The summed E-state index contributed by atoms with van der Waals surface area (Å²) in [6.45, 7) is 3.59. The van der Waals surface area contributed by atoms with Gasteiger partial charge in [-0.3, -0.25) is 19.2 Å². The molecule has 11 nitrogen and oxygen atoms in total. The van der Waals surface area contributed by atoms with Gasteiger partial charge >= 0.3 is 11.9 Å². The van der Waals surface area contributed by atoms with Crippen molar-refractivity contribution in [3.8, 4) is 0 Å². The molecule has 3 amide bonds. The number of aliphatic carboxylic acids is 2. The Kier molecular flexibility index (Phi) is 13.2. The fourth-order valence-electron chi connectivity index (χ4n) is 2.33. The van der Waals surface area contributed by atoms with Crippen LogP contribution in [0.2, 0.25) is 0 Å². The number of hydrogen-bond acceptors (Lipinski definition) is 8. The Hall–Kier alpha value is -1.99. The number of carboxylic acid groups (broad SMARTS) is 2. The molecule has 0 saturated heterocycles. The van der Waals surface area contributed by atoms with Crippen LogP contribution in [0.3, 0.4) is 0 Å². The molecular formula is C17H30N4O7S2. The molecule has 7 N–H and O–H groups in total. The summed E-state index contributed by atoms with van der Waals surface area (Å²) in [5.41, 5.74) is 5.55. The van der Waals surface area contributed by atoms with Gasteiger partial charge < -0.3 is 31.9 Å². The van der Waals surface area contributed by atoms with Gasteiger partial charge in [0, 0.05) is 17.9 Å². The normalized spacial score (nSPS) is 14.9. The van der Waals surface area contributed by atoms with E-state index in [-0.39, 0.29) is 30.3 Å². The Morgan fingerprint density at radius 1 is 0.833 bits per heavy atom. The number of carbonyl (C=O) groups excluding carboxylic acids is 3. The summed E-state index contributed by atoms with van der Waals surface area (Å²) in [7, 11) is 0. The summed E-state index contributed by atoms with van der Waals surface area (Å²) in [5.74, 6) is -4.82. The van der Waals surface area contributed by atoms with Crippen molar-refractivity contribution in [3.05, 3.63) is 0 Å². The Labute approximate surface area is 185 Å². The standard InChI is InChI=1S/C17H30N4O7S2/c1-8(2)5-11(17(27)28)20-16(26)12(7-30)21-15(25)10(3-4-13(22)23)19-14(24)9(18)6-29/h8-12,29-30H,3-7,18H2,1-2H3,(H,19,24)(H,20,26)(H,21,25)(H,22,23)(H,27,28). The summed E-state index contributed by atoms with van der Waals surface area (Å²) in [5, 5.41) is 25.2. The molecular weight excluding hydrogens is 436 g/mol. The quantitative estimate of drug-likeness (QED) is 0.144. The number of rotatable bonds is 14. The molecule has 0 fully saturated rings. The molecule has 0 aliphatic heterocycles. The van der Waals surface area contributed by atoms with E-state index in [4.69, 9.17) is 10.8 Å². The van der Waals surface area contributed by atoms with Crippen LogP contribution in [0.15, 0.2) is 0 Å². The summed E-state index contributed by atoms with van der Waals surface area (Å²) >= 11 is 7.90. The van der Waals surface area contributed by atoms with Crippen LogP contribution in [0.25, 0.3) is 0 Å². The molecule has 0 spiro atoms. The van der Waals surface area contributed by atoms with Gasteiger partial charge in [0.1, 0.15) is 18.1 Å². The van der Waals surface area contributed by atoms with Crippen molar-refractivity contribution >= 4 is 54.9 Å². The number of amides is 3. The van der Waals surface area contributed by atoms with Gasteiger partial charge in [-0.15, -0.1) is 0 Å². The third-order valence-corrected chi connectivity index (χ3v) is 4.71.